The van der Waals surface area contributed by atoms with Crippen molar-refractivity contribution in [1.29, 1.82) is 0 Å². The molecule has 0 aromatic heterocycles. The van der Waals surface area contributed by atoms with Gasteiger partial charge in [0.1, 0.15) is 0 Å². The maximum Gasteiger partial charge on any atom is 0.303 e. The van der Waals surface area contributed by atoms with Crippen LogP contribution in [0.5, 0.6) is 0 Å². The number of hydrogen-bond donors (Lipinski definition) is 1. The zero-order chi connectivity index (χ0) is 12.4. The van der Waals surface area contributed by atoms with Crippen LogP contribution >= 0.6 is 0 Å². The summed E-state index contributed by atoms with van der Waals surface area (Å²) in [5.41, 5.74) is 0. The summed E-state index contributed by atoms with van der Waals surface area (Å²) in [5.74, 6) is -0.693. The molecule has 0 radical (unpaired) electrons. The highest BCUT2D eigenvalue weighted by Crippen LogP contribution is 2.34. The van der Waals surface area contributed by atoms with Crippen LogP contribution in [-0.4, -0.2) is 32.6 Å². The lowest BCUT2D eigenvalue weighted by Gasteiger charge is -2.45. The Morgan fingerprint density at radius 2 is 2.00 bits per heavy atom. The highest BCUT2D eigenvalue weighted by Gasteiger charge is 2.47. The van der Waals surface area contributed by atoms with Crippen LogP contribution in [0.15, 0.2) is 0 Å². The summed E-state index contributed by atoms with van der Waals surface area (Å²) in [6.07, 6.45) is 3.44. The van der Waals surface area contributed by atoms with Gasteiger partial charge in [0.25, 0.3) is 0 Å². The van der Waals surface area contributed by atoms with Gasteiger partial charge in [0, 0.05) is 12.5 Å². The van der Waals surface area contributed by atoms with Crippen LogP contribution in [-0.2, 0) is 9.22 Å². The first-order chi connectivity index (χ1) is 7.24. The summed E-state index contributed by atoms with van der Waals surface area (Å²) in [4.78, 5) is 10.4. The first-order valence-electron chi connectivity index (χ1n) is 6.14. The largest absolute Gasteiger partial charge is 0.481 e. The maximum atomic E-state index is 10.4. The molecule has 1 N–H and O–H groups in total. The van der Waals surface area contributed by atoms with Crippen LogP contribution in [0.25, 0.3) is 0 Å². The molecular weight excluding hydrogens is 236 g/mol. The number of carbonyl (C=O) groups is 1. The first kappa shape index (κ1) is 13.9. The summed E-state index contributed by atoms with van der Waals surface area (Å²) >= 11 is 0. The number of carboxylic acid groups (broad SMARTS) is 1. The molecule has 0 aliphatic carbocycles. The molecule has 16 heavy (non-hydrogen) atoms. The van der Waals surface area contributed by atoms with Crippen LogP contribution < -0.4 is 0 Å². The standard InChI is InChI=1S/C11H24O3Si2/c1-15(2)9-8-10(14-16(15,3)4)6-5-7-11(12)13/h10H,5-9H2,1-4H3,(H,12,13). The summed E-state index contributed by atoms with van der Waals surface area (Å²) in [7, 11) is -2.59. The molecule has 1 aliphatic heterocycles. The van der Waals surface area contributed by atoms with Crippen LogP contribution in [0.2, 0.25) is 32.2 Å². The molecule has 1 rings (SSSR count). The van der Waals surface area contributed by atoms with E-state index in [0.717, 1.165) is 19.3 Å². The molecule has 94 valence electrons. The van der Waals surface area contributed by atoms with Gasteiger partial charge in [-0.1, -0.05) is 19.1 Å². The van der Waals surface area contributed by atoms with E-state index in [4.69, 9.17) is 9.53 Å². The average Bonchev–Trinajstić information content (AvgIpc) is 2.11. The minimum Gasteiger partial charge on any atom is -0.481 e. The third kappa shape index (κ3) is 3.43. The Balaban J connectivity index is 2.41. The van der Waals surface area contributed by atoms with E-state index >= 15 is 0 Å². The summed E-state index contributed by atoms with van der Waals surface area (Å²) < 4.78 is 6.28. The van der Waals surface area contributed by atoms with Gasteiger partial charge in [0.2, 0.25) is 0 Å². The van der Waals surface area contributed by atoms with Crippen molar-refractivity contribution in [3.8, 4) is 0 Å². The van der Waals surface area contributed by atoms with Crippen molar-refractivity contribution in [2.75, 3.05) is 0 Å². The molecule has 0 saturated carbocycles. The minimum atomic E-state index is -1.47. The monoisotopic (exact) mass is 260 g/mol. The fourth-order valence-electron chi connectivity index (χ4n) is 2.14. The van der Waals surface area contributed by atoms with Gasteiger partial charge in [-0.3, -0.25) is 4.79 Å². The Hall–Kier alpha value is -0.136. The summed E-state index contributed by atoms with van der Waals surface area (Å²) in [6.45, 7) is 9.55. The molecule has 1 heterocycles. The summed E-state index contributed by atoms with van der Waals surface area (Å²) in [6, 6.07) is 1.35. The van der Waals surface area contributed by atoms with Gasteiger partial charge >= 0.3 is 5.97 Å². The van der Waals surface area contributed by atoms with Crippen molar-refractivity contribution in [1.82, 2.24) is 0 Å². The highest BCUT2D eigenvalue weighted by atomic mass is 29.3. The van der Waals surface area contributed by atoms with E-state index in [1.165, 1.54) is 6.04 Å². The lowest BCUT2D eigenvalue weighted by molar-refractivity contribution is -0.137. The van der Waals surface area contributed by atoms with Crippen molar-refractivity contribution in [2.24, 2.45) is 0 Å². The third-order valence-corrected chi connectivity index (χ3v) is 20.7. The molecule has 5 heteroatoms. The van der Waals surface area contributed by atoms with Crippen LogP contribution in [0, 0.1) is 0 Å². The van der Waals surface area contributed by atoms with E-state index in [9.17, 15) is 4.79 Å². The molecular formula is C11H24O3Si2. The van der Waals surface area contributed by atoms with E-state index in [1.54, 1.807) is 0 Å². The fourth-order valence-corrected chi connectivity index (χ4v) is 8.87. The van der Waals surface area contributed by atoms with Crippen molar-refractivity contribution >= 4 is 21.4 Å². The van der Waals surface area contributed by atoms with E-state index < -0.39 is 21.4 Å². The summed E-state index contributed by atoms with van der Waals surface area (Å²) in [5, 5.41) is 8.60. The Morgan fingerprint density at radius 1 is 1.38 bits per heavy atom. The van der Waals surface area contributed by atoms with E-state index in [-0.39, 0.29) is 6.42 Å². The molecule has 1 saturated heterocycles. The number of carboxylic acids is 1. The first-order valence-corrected chi connectivity index (χ1v) is 13.3. The predicted octanol–water partition coefficient (Wildman–Crippen LogP) is 3.02. The van der Waals surface area contributed by atoms with Crippen LogP contribution in [0.1, 0.15) is 25.7 Å². The van der Waals surface area contributed by atoms with Gasteiger partial charge in [0.05, 0.1) is 7.59 Å². The topological polar surface area (TPSA) is 46.5 Å². The van der Waals surface area contributed by atoms with Crippen molar-refractivity contribution < 1.29 is 14.3 Å². The molecule has 1 fully saturated rings. The lowest BCUT2D eigenvalue weighted by atomic mass is 10.1. The number of hydrogen-bond acceptors (Lipinski definition) is 2. The lowest BCUT2D eigenvalue weighted by Crippen LogP contribution is -2.61. The second-order valence-corrected chi connectivity index (χ2v) is 21.2. The molecule has 1 atom stereocenters. The van der Waals surface area contributed by atoms with Gasteiger partial charge in [-0.05, 0) is 32.4 Å². The average molecular weight is 260 g/mol. The van der Waals surface area contributed by atoms with Gasteiger partial charge in [-0.25, -0.2) is 0 Å². The number of rotatable bonds is 4. The molecule has 1 aliphatic rings. The molecule has 0 bridgehead atoms. The molecule has 0 aromatic rings. The smallest absolute Gasteiger partial charge is 0.303 e. The normalized spacial score (nSPS) is 27.6. The zero-order valence-corrected chi connectivity index (χ0v) is 12.9. The van der Waals surface area contributed by atoms with Crippen LogP contribution in [0.4, 0.5) is 0 Å². The van der Waals surface area contributed by atoms with E-state index in [2.05, 4.69) is 26.2 Å². The van der Waals surface area contributed by atoms with Crippen LogP contribution in [0.3, 0.4) is 0 Å². The molecule has 0 aromatic carbocycles. The highest BCUT2D eigenvalue weighted by molar-refractivity contribution is 7.38. The molecule has 1 unspecified atom stereocenters. The Morgan fingerprint density at radius 3 is 2.50 bits per heavy atom. The van der Waals surface area contributed by atoms with Gasteiger partial charge in [-0.15, -0.1) is 0 Å². The van der Waals surface area contributed by atoms with Crippen molar-refractivity contribution in [2.45, 2.75) is 64.0 Å². The van der Waals surface area contributed by atoms with Crippen molar-refractivity contribution in [3.63, 3.8) is 0 Å². The Labute approximate surface area is 100 Å². The maximum absolute atomic E-state index is 10.4. The minimum absolute atomic E-state index is 0.280. The molecule has 0 amide bonds. The van der Waals surface area contributed by atoms with Gasteiger partial charge < -0.3 is 9.53 Å². The quantitative estimate of drug-likeness (QED) is 0.790. The van der Waals surface area contributed by atoms with Gasteiger partial charge in [-0.2, -0.15) is 0 Å². The third-order valence-electron chi connectivity index (χ3n) is 4.10. The fraction of sp³-hybridized carbons (Fsp3) is 0.909. The predicted molar refractivity (Wildman–Crippen MR) is 70.7 cm³/mol. The van der Waals surface area contributed by atoms with Gasteiger partial charge in [0.15, 0.2) is 7.83 Å². The second-order valence-electron chi connectivity index (χ2n) is 5.96. The number of aliphatic carboxylic acids is 1. The Bertz CT molecular complexity index is 264. The molecule has 3 nitrogen and oxygen atoms in total. The Kier molecular flexibility index (Phi) is 4.37. The van der Waals surface area contributed by atoms with E-state index in [1.807, 2.05) is 0 Å². The second kappa shape index (κ2) is 5.02. The molecule has 0 spiro atoms. The van der Waals surface area contributed by atoms with E-state index in [0.29, 0.717) is 6.10 Å². The zero-order valence-electron chi connectivity index (χ0n) is 10.9. The SMILES string of the molecule is C[Si]1(C)CCC(CCCC(=O)O)O[Si]1(C)C. The van der Waals surface area contributed by atoms with Crippen molar-refractivity contribution in [3.05, 3.63) is 0 Å².